The Balaban J connectivity index is 2.06. The van der Waals surface area contributed by atoms with Gasteiger partial charge in [0.2, 0.25) is 0 Å². The molecule has 0 radical (unpaired) electrons. The number of nitrogen functional groups attached to an aromatic ring is 1. The summed E-state index contributed by atoms with van der Waals surface area (Å²) in [5, 5.41) is 6.72. The van der Waals surface area contributed by atoms with Crippen LogP contribution in [0.1, 0.15) is 0 Å². The van der Waals surface area contributed by atoms with Crippen LogP contribution in [0.15, 0.2) is 55.1 Å². The Labute approximate surface area is 98.7 Å². The van der Waals surface area contributed by atoms with Gasteiger partial charge in [-0.15, -0.1) is 0 Å². The summed E-state index contributed by atoms with van der Waals surface area (Å²) in [7, 11) is 0. The molecule has 3 N–H and O–H groups in total. The van der Waals surface area contributed by atoms with Crippen LogP contribution >= 0.6 is 0 Å². The topological polar surface area (TPSA) is 59.6 Å². The van der Waals surface area contributed by atoms with Crippen LogP contribution in [0, 0.1) is 0 Å². The van der Waals surface area contributed by atoms with Crippen molar-refractivity contribution in [1.29, 1.82) is 0 Å². The molecule has 0 saturated carbocycles. The summed E-state index contributed by atoms with van der Waals surface area (Å²) < 4.78 is 1.99. The van der Waals surface area contributed by atoms with Gasteiger partial charge in [-0.2, -0.15) is 5.10 Å². The van der Waals surface area contributed by atoms with Crippen LogP contribution in [0.5, 0.6) is 0 Å². The first-order valence-corrected chi connectivity index (χ1v) is 5.36. The van der Waals surface area contributed by atoms with Crippen molar-refractivity contribution in [1.82, 2.24) is 14.8 Å². The standard InChI is InChI=1S/C13H12N4/c14-12-7-10(11-8-15-16-9-11)3-4-13(12)17-5-1-2-6-17/h1-9H,14H2,(H,15,16). The van der Waals surface area contributed by atoms with E-state index in [2.05, 4.69) is 10.2 Å². The molecule has 17 heavy (non-hydrogen) atoms. The number of rotatable bonds is 2. The summed E-state index contributed by atoms with van der Waals surface area (Å²) in [6.45, 7) is 0. The molecule has 0 fully saturated rings. The molecule has 2 heterocycles. The van der Waals surface area contributed by atoms with Gasteiger partial charge in [-0.25, -0.2) is 0 Å². The molecule has 4 heteroatoms. The lowest BCUT2D eigenvalue weighted by Gasteiger charge is -2.08. The number of nitrogens with one attached hydrogen (secondary N) is 1. The third-order valence-corrected chi connectivity index (χ3v) is 2.74. The predicted molar refractivity (Wildman–Crippen MR) is 67.8 cm³/mol. The zero-order valence-electron chi connectivity index (χ0n) is 9.17. The van der Waals surface area contributed by atoms with Crippen molar-refractivity contribution >= 4 is 5.69 Å². The van der Waals surface area contributed by atoms with Crippen LogP contribution in [-0.4, -0.2) is 14.8 Å². The molecule has 0 aliphatic carbocycles. The van der Waals surface area contributed by atoms with E-state index in [1.165, 1.54) is 0 Å². The van der Waals surface area contributed by atoms with Crippen molar-refractivity contribution in [2.24, 2.45) is 0 Å². The smallest absolute Gasteiger partial charge is 0.0681 e. The van der Waals surface area contributed by atoms with Gasteiger partial charge in [-0.3, -0.25) is 5.10 Å². The summed E-state index contributed by atoms with van der Waals surface area (Å²) in [4.78, 5) is 0. The van der Waals surface area contributed by atoms with E-state index in [4.69, 9.17) is 5.73 Å². The van der Waals surface area contributed by atoms with E-state index in [9.17, 15) is 0 Å². The normalized spacial score (nSPS) is 10.6. The molecule has 4 nitrogen and oxygen atoms in total. The Hall–Kier alpha value is -2.49. The third-order valence-electron chi connectivity index (χ3n) is 2.74. The molecule has 0 aliphatic rings. The zero-order valence-corrected chi connectivity index (χ0v) is 9.17. The van der Waals surface area contributed by atoms with E-state index in [1.807, 2.05) is 53.5 Å². The highest BCUT2D eigenvalue weighted by atomic mass is 15.1. The second-order valence-corrected chi connectivity index (χ2v) is 3.85. The van der Waals surface area contributed by atoms with Crippen molar-refractivity contribution in [2.75, 3.05) is 5.73 Å². The Morgan fingerprint density at radius 2 is 1.94 bits per heavy atom. The molecule has 0 spiro atoms. The molecule has 3 rings (SSSR count). The minimum Gasteiger partial charge on any atom is -0.397 e. The Morgan fingerprint density at radius 1 is 1.12 bits per heavy atom. The fourth-order valence-electron chi connectivity index (χ4n) is 1.87. The summed E-state index contributed by atoms with van der Waals surface area (Å²) >= 11 is 0. The van der Waals surface area contributed by atoms with Gasteiger partial charge in [-0.05, 0) is 29.8 Å². The number of hydrogen-bond acceptors (Lipinski definition) is 2. The summed E-state index contributed by atoms with van der Waals surface area (Å²) in [6.07, 6.45) is 7.58. The van der Waals surface area contributed by atoms with E-state index >= 15 is 0 Å². The average Bonchev–Trinajstić information content (AvgIpc) is 3.02. The molecular weight excluding hydrogens is 212 g/mol. The highest BCUT2D eigenvalue weighted by Crippen LogP contribution is 2.25. The molecule has 84 valence electrons. The third kappa shape index (κ3) is 1.69. The number of benzene rings is 1. The molecule has 0 aliphatic heterocycles. The molecule has 1 aromatic carbocycles. The summed E-state index contributed by atoms with van der Waals surface area (Å²) in [5.41, 5.74) is 9.91. The maximum atomic E-state index is 6.07. The number of hydrogen-bond donors (Lipinski definition) is 2. The van der Waals surface area contributed by atoms with Gasteiger partial charge in [-0.1, -0.05) is 6.07 Å². The summed E-state index contributed by atoms with van der Waals surface area (Å²) in [5.74, 6) is 0. The van der Waals surface area contributed by atoms with E-state index in [-0.39, 0.29) is 0 Å². The lowest BCUT2D eigenvalue weighted by Crippen LogP contribution is -1.97. The Kier molecular flexibility index (Phi) is 2.19. The van der Waals surface area contributed by atoms with E-state index < -0.39 is 0 Å². The van der Waals surface area contributed by atoms with Gasteiger partial charge in [0.15, 0.2) is 0 Å². The van der Waals surface area contributed by atoms with Crippen LogP contribution in [0.4, 0.5) is 5.69 Å². The van der Waals surface area contributed by atoms with Crippen molar-refractivity contribution in [3.8, 4) is 16.8 Å². The molecule has 0 saturated heterocycles. The Morgan fingerprint density at radius 3 is 2.59 bits per heavy atom. The first-order chi connectivity index (χ1) is 8.34. The maximum absolute atomic E-state index is 6.07. The summed E-state index contributed by atoms with van der Waals surface area (Å²) in [6, 6.07) is 9.96. The monoisotopic (exact) mass is 224 g/mol. The number of aromatic amines is 1. The van der Waals surface area contributed by atoms with E-state index in [0.29, 0.717) is 0 Å². The van der Waals surface area contributed by atoms with E-state index in [1.54, 1.807) is 6.20 Å². The molecule has 2 aromatic heterocycles. The lowest BCUT2D eigenvalue weighted by atomic mass is 10.1. The number of nitrogens with two attached hydrogens (primary N) is 1. The predicted octanol–water partition coefficient (Wildman–Crippen LogP) is 2.45. The molecular formula is C13H12N4. The van der Waals surface area contributed by atoms with Crippen LogP contribution < -0.4 is 5.73 Å². The van der Waals surface area contributed by atoms with Gasteiger partial charge >= 0.3 is 0 Å². The van der Waals surface area contributed by atoms with Gasteiger partial charge in [0.05, 0.1) is 17.6 Å². The molecule has 3 aromatic rings. The van der Waals surface area contributed by atoms with Gasteiger partial charge < -0.3 is 10.3 Å². The van der Waals surface area contributed by atoms with Crippen molar-refractivity contribution < 1.29 is 0 Å². The first-order valence-electron chi connectivity index (χ1n) is 5.36. The molecule has 0 atom stereocenters. The van der Waals surface area contributed by atoms with Crippen LogP contribution in [0.2, 0.25) is 0 Å². The second-order valence-electron chi connectivity index (χ2n) is 3.85. The van der Waals surface area contributed by atoms with Crippen molar-refractivity contribution in [3.63, 3.8) is 0 Å². The van der Waals surface area contributed by atoms with Gasteiger partial charge in [0, 0.05) is 24.2 Å². The van der Waals surface area contributed by atoms with Gasteiger partial charge in [0.25, 0.3) is 0 Å². The number of anilines is 1. The second kappa shape index (κ2) is 3.83. The van der Waals surface area contributed by atoms with Gasteiger partial charge in [0.1, 0.15) is 0 Å². The molecule has 0 bridgehead atoms. The fraction of sp³-hybridized carbons (Fsp3) is 0. The minimum atomic E-state index is 0.750. The fourth-order valence-corrected chi connectivity index (χ4v) is 1.87. The highest BCUT2D eigenvalue weighted by Gasteiger charge is 2.04. The quantitative estimate of drug-likeness (QED) is 0.657. The van der Waals surface area contributed by atoms with Crippen molar-refractivity contribution in [3.05, 3.63) is 55.1 Å². The largest absolute Gasteiger partial charge is 0.397 e. The van der Waals surface area contributed by atoms with Crippen molar-refractivity contribution in [2.45, 2.75) is 0 Å². The molecule has 0 unspecified atom stereocenters. The number of H-pyrrole nitrogens is 1. The van der Waals surface area contributed by atoms with E-state index in [0.717, 1.165) is 22.5 Å². The average molecular weight is 224 g/mol. The Bertz CT molecular complexity index is 609. The molecule has 0 amide bonds. The lowest BCUT2D eigenvalue weighted by molar-refractivity contribution is 1.08. The highest BCUT2D eigenvalue weighted by molar-refractivity contribution is 5.71. The van der Waals surface area contributed by atoms with Crippen LogP contribution in [0.3, 0.4) is 0 Å². The SMILES string of the molecule is Nc1cc(-c2cn[nH]c2)ccc1-n1cccc1. The zero-order chi connectivity index (χ0) is 11.7. The number of aromatic nitrogens is 3. The number of nitrogens with zero attached hydrogens (tertiary/aromatic N) is 2. The van der Waals surface area contributed by atoms with Crippen LogP contribution in [-0.2, 0) is 0 Å². The first kappa shape index (κ1) is 9.72. The van der Waals surface area contributed by atoms with Crippen LogP contribution in [0.25, 0.3) is 16.8 Å². The maximum Gasteiger partial charge on any atom is 0.0681 e. The minimum absolute atomic E-state index is 0.750.